The first-order valence-electron chi connectivity index (χ1n) is 6.05. The average molecular weight is 247 g/mol. The number of nitrogens with zero attached hydrogens (tertiary/aromatic N) is 1. The van der Waals surface area contributed by atoms with Gasteiger partial charge in [0.2, 0.25) is 5.89 Å². The second-order valence-corrected chi connectivity index (χ2v) is 3.92. The van der Waals surface area contributed by atoms with Crippen molar-refractivity contribution in [2.75, 3.05) is 13.2 Å². The molecule has 0 aliphatic carbocycles. The van der Waals surface area contributed by atoms with E-state index in [0.29, 0.717) is 31.5 Å². The molecule has 2 rings (SSSR count). The maximum atomic E-state index is 5.62. The maximum absolute atomic E-state index is 5.62. The van der Waals surface area contributed by atoms with Crippen LogP contribution in [0, 0.1) is 6.92 Å². The molecule has 0 radical (unpaired) electrons. The summed E-state index contributed by atoms with van der Waals surface area (Å²) in [4.78, 5) is 4.11. The summed E-state index contributed by atoms with van der Waals surface area (Å²) in [6.07, 6.45) is 2.21. The van der Waals surface area contributed by atoms with E-state index in [4.69, 9.17) is 13.9 Å². The minimum absolute atomic E-state index is 0.461. The summed E-state index contributed by atoms with van der Waals surface area (Å²) >= 11 is 0. The molecular weight excluding hydrogens is 230 g/mol. The molecular formula is C14H17NO3. The topological polar surface area (TPSA) is 44.5 Å². The van der Waals surface area contributed by atoms with E-state index in [9.17, 15) is 0 Å². The molecule has 0 aliphatic heterocycles. The van der Waals surface area contributed by atoms with Gasteiger partial charge in [0.25, 0.3) is 0 Å². The molecule has 0 saturated heterocycles. The van der Waals surface area contributed by atoms with Crippen LogP contribution in [0.4, 0.5) is 0 Å². The van der Waals surface area contributed by atoms with E-state index in [0.717, 1.165) is 5.75 Å². The first-order valence-corrected chi connectivity index (χ1v) is 6.05. The zero-order valence-electron chi connectivity index (χ0n) is 10.7. The molecule has 0 N–H and O–H groups in total. The molecule has 0 spiro atoms. The molecule has 2 aromatic rings. The average Bonchev–Trinajstić information content (AvgIpc) is 2.78. The Labute approximate surface area is 107 Å². The van der Waals surface area contributed by atoms with Crippen LogP contribution in [0.25, 0.3) is 0 Å². The lowest BCUT2D eigenvalue weighted by Crippen LogP contribution is -2.01. The summed E-state index contributed by atoms with van der Waals surface area (Å²) < 4.78 is 16.2. The smallest absolute Gasteiger partial charge is 0.305 e. The third kappa shape index (κ3) is 3.52. The molecule has 0 fully saturated rings. The Morgan fingerprint density at radius 2 is 2.17 bits per heavy atom. The van der Waals surface area contributed by atoms with E-state index in [1.165, 1.54) is 5.56 Å². The fourth-order valence-corrected chi connectivity index (χ4v) is 1.58. The van der Waals surface area contributed by atoms with Crippen LogP contribution in [0.15, 0.2) is 34.9 Å². The van der Waals surface area contributed by atoms with Gasteiger partial charge in [0, 0.05) is 0 Å². The Kier molecular flexibility index (Phi) is 4.23. The molecule has 0 aliphatic rings. The normalized spacial score (nSPS) is 10.3. The van der Waals surface area contributed by atoms with Gasteiger partial charge >= 0.3 is 5.95 Å². The maximum Gasteiger partial charge on any atom is 0.305 e. The van der Waals surface area contributed by atoms with Crippen molar-refractivity contribution in [1.29, 1.82) is 0 Å². The number of ether oxygens (including phenoxy) is 2. The first kappa shape index (κ1) is 12.5. The van der Waals surface area contributed by atoms with Gasteiger partial charge in [-0.1, -0.05) is 12.1 Å². The Morgan fingerprint density at radius 1 is 1.28 bits per heavy atom. The van der Waals surface area contributed by atoms with Gasteiger partial charge in [0.05, 0.1) is 19.6 Å². The van der Waals surface area contributed by atoms with Crippen molar-refractivity contribution in [2.24, 2.45) is 0 Å². The third-order valence-corrected chi connectivity index (χ3v) is 2.39. The Morgan fingerprint density at radius 3 is 2.94 bits per heavy atom. The van der Waals surface area contributed by atoms with Crippen LogP contribution in [0.5, 0.6) is 11.7 Å². The molecule has 1 heterocycles. The summed E-state index contributed by atoms with van der Waals surface area (Å²) in [6, 6.07) is 7.95. The highest BCUT2D eigenvalue weighted by molar-refractivity contribution is 5.27. The number of aromatic nitrogens is 1. The van der Waals surface area contributed by atoms with Gasteiger partial charge in [-0.2, -0.15) is 0 Å². The van der Waals surface area contributed by atoms with Gasteiger partial charge in [-0.3, -0.25) is 0 Å². The zero-order valence-corrected chi connectivity index (χ0v) is 10.7. The number of hydrogen-bond acceptors (Lipinski definition) is 4. The van der Waals surface area contributed by atoms with Gasteiger partial charge in [-0.05, 0) is 31.5 Å². The van der Waals surface area contributed by atoms with Crippen molar-refractivity contribution in [3.8, 4) is 11.7 Å². The third-order valence-electron chi connectivity index (χ3n) is 2.39. The summed E-state index contributed by atoms with van der Waals surface area (Å²) in [6.45, 7) is 5.06. The molecule has 1 aromatic heterocycles. The van der Waals surface area contributed by atoms with E-state index in [1.807, 2.05) is 38.1 Å². The van der Waals surface area contributed by atoms with E-state index in [2.05, 4.69) is 4.98 Å². The minimum atomic E-state index is 0.461. The summed E-state index contributed by atoms with van der Waals surface area (Å²) in [5.74, 6) is 1.96. The van der Waals surface area contributed by atoms with Crippen LogP contribution in [-0.2, 0) is 6.42 Å². The standard InChI is InChI=1S/C14H17NO3/c1-3-16-14-10-15-13(18-14)7-8-17-12-6-4-5-11(2)9-12/h4-6,9-10H,3,7-8H2,1-2H3. The molecule has 4 nitrogen and oxygen atoms in total. The van der Waals surface area contributed by atoms with Crippen LogP contribution in [0.2, 0.25) is 0 Å². The monoisotopic (exact) mass is 247 g/mol. The number of hydrogen-bond donors (Lipinski definition) is 0. The molecule has 96 valence electrons. The van der Waals surface area contributed by atoms with Crippen LogP contribution in [0.3, 0.4) is 0 Å². The zero-order chi connectivity index (χ0) is 12.8. The number of aryl methyl sites for hydroxylation is 1. The quantitative estimate of drug-likeness (QED) is 0.787. The van der Waals surface area contributed by atoms with Crippen molar-refractivity contribution < 1.29 is 13.9 Å². The van der Waals surface area contributed by atoms with Crippen LogP contribution in [-0.4, -0.2) is 18.2 Å². The van der Waals surface area contributed by atoms with Gasteiger partial charge < -0.3 is 13.9 Å². The van der Waals surface area contributed by atoms with Gasteiger partial charge in [-0.15, -0.1) is 0 Å². The summed E-state index contributed by atoms with van der Waals surface area (Å²) in [5.41, 5.74) is 1.18. The Balaban J connectivity index is 1.81. The molecule has 0 bridgehead atoms. The fourth-order valence-electron chi connectivity index (χ4n) is 1.58. The van der Waals surface area contributed by atoms with Gasteiger partial charge in [0.15, 0.2) is 0 Å². The second-order valence-electron chi connectivity index (χ2n) is 3.92. The van der Waals surface area contributed by atoms with Crippen LogP contribution >= 0.6 is 0 Å². The molecule has 0 unspecified atom stereocenters. The number of oxazole rings is 1. The van der Waals surface area contributed by atoms with Gasteiger partial charge in [-0.25, -0.2) is 4.98 Å². The van der Waals surface area contributed by atoms with E-state index in [1.54, 1.807) is 6.20 Å². The van der Waals surface area contributed by atoms with Crippen molar-refractivity contribution in [3.63, 3.8) is 0 Å². The van der Waals surface area contributed by atoms with Crippen LogP contribution < -0.4 is 9.47 Å². The predicted octanol–water partition coefficient (Wildman–Crippen LogP) is 3.00. The molecule has 0 saturated carbocycles. The molecule has 0 atom stereocenters. The molecule has 4 heteroatoms. The fraction of sp³-hybridized carbons (Fsp3) is 0.357. The SMILES string of the molecule is CCOc1cnc(CCOc2cccc(C)c2)o1. The molecule has 18 heavy (non-hydrogen) atoms. The second kappa shape index (κ2) is 6.10. The highest BCUT2D eigenvalue weighted by Gasteiger charge is 2.04. The van der Waals surface area contributed by atoms with Crippen molar-refractivity contribution in [1.82, 2.24) is 4.98 Å². The van der Waals surface area contributed by atoms with Gasteiger partial charge in [0.1, 0.15) is 11.9 Å². The number of benzene rings is 1. The summed E-state index contributed by atoms with van der Waals surface area (Å²) in [5, 5.41) is 0. The molecule has 0 amide bonds. The van der Waals surface area contributed by atoms with Crippen molar-refractivity contribution in [2.45, 2.75) is 20.3 Å². The number of rotatable bonds is 6. The largest absolute Gasteiger partial charge is 0.493 e. The Hall–Kier alpha value is -1.97. The first-order chi connectivity index (χ1) is 8.78. The van der Waals surface area contributed by atoms with E-state index in [-0.39, 0.29) is 0 Å². The lowest BCUT2D eigenvalue weighted by molar-refractivity contribution is 0.242. The Bertz CT molecular complexity index is 493. The van der Waals surface area contributed by atoms with Crippen molar-refractivity contribution in [3.05, 3.63) is 41.9 Å². The van der Waals surface area contributed by atoms with E-state index < -0.39 is 0 Å². The van der Waals surface area contributed by atoms with Crippen molar-refractivity contribution >= 4 is 0 Å². The molecule has 1 aromatic carbocycles. The lowest BCUT2D eigenvalue weighted by Gasteiger charge is -2.04. The highest BCUT2D eigenvalue weighted by atomic mass is 16.6. The predicted molar refractivity (Wildman–Crippen MR) is 68.1 cm³/mol. The van der Waals surface area contributed by atoms with Crippen LogP contribution in [0.1, 0.15) is 18.4 Å². The highest BCUT2D eigenvalue weighted by Crippen LogP contribution is 2.15. The summed E-state index contributed by atoms with van der Waals surface area (Å²) in [7, 11) is 0. The lowest BCUT2D eigenvalue weighted by atomic mass is 10.2. The van der Waals surface area contributed by atoms with E-state index >= 15 is 0 Å². The minimum Gasteiger partial charge on any atom is -0.493 e.